The summed E-state index contributed by atoms with van der Waals surface area (Å²) < 4.78 is 2.83. The lowest BCUT2D eigenvalue weighted by Crippen LogP contribution is -2.21. The first kappa shape index (κ1) is 28.2. The molecule has 0 saturated carbocycles. The van der Waals surface area contributed by atoms with E-state index in [0.29, 0.717) is 43.3 Å². The molecule has 43 heavy (non-hydrogen) atoms. The second-order valence-corrected chi connectivity index (χ2v) is 11.4. The number of aromatic nitrogens is 6. The fourth-order valence-electron chi connectivity index (χ4n) is 4.17. The highest BCUT2D eigenvalue weighted by Crippen LogP contribution is 2.27. The maximum absolute atomic E-state index is 13.4. The average molecular weight is 631 g/mol. The lowest BCUT2D eigenvalue weighted by Gasteiger charge is -2.12. The topological polar surface area (TPSA) is 151 Å². The predicted molar refractivity (Wildman–Crippen MR) is 165 cm³/mol. The molecule has 0 bridgehead atoms. The minimum absolute atomic E-state index is 0.0742. The van der Waals surface area contributed by atoms with Crippen molar-refractivity contribution in [2.45, 2.75) is 17.5 Å². The number of amides is 1. The van der Waals surface area contributed by atoms with E-state index in [2.05, 4.69) is 25.6 Å². The zero-order chi connectivity index (χ0) is 29.9. The van der Waals surface area contributed by atoms with Gasteiger partial charge in [-0.25, -0.2) is 14.6 Å². The first-order chi connectivity index (χ1) is 20.8. The average Bonchev–Trinajstić information content (AvgIpc) is 3.66. The molecule has 0 aliphatic heterocycles. The molecule has 15 heteroatoms. The lowest BCUT2D eigenvalue weighted by atomic mass is 10.2. The SMILES string of the molecule is O=C(Cn1cc(CSc2nc3ccccc3c(=O)n2-c2ccc([N+](=O)[O-])cc2)nn1)Nc1nc(-c2ccc(Cl)cc2)cs1. The van der Waals surface area contributed by atoms with Crippen molar-refractivity contribution < 1.29 is 9.72 Å². The number of halogens is 1. The summed E-state index contributed by atoms with van der Waals surface area (Å²) in [4.78, 5) is 45.8. The molecule has 3 aromatic carbocycles. The van der Waals surface area contributed by atoms with Gasteiger partial charge in [0.05, 0.1) is 32.9 Å². The maximum Gasteiger partial charge on any atom is 0.269 e. The molecule has 0 atom stereocenters. The van der Waals surface area contributed by atoms with Crippen LogP contribution in [0.2, 0.25) is 5.02 Å². The predicted octanol–water partition coefficient (Wildman–Crippen LogP) is 5.59. The fraction of sp³-hybridized carbons (Fsp3) is 0.0714. The van der Waals surface area contributed by atoms with E-state index in [1.165, 1.54) is 56.6 Å². The van der Waals surface area contributed by atoms with E-state index in [1.807, 2.05) is 17.5 Å². The van der Waals surface area contributed by atoms with E-state index in [9.17, 15) is 19.7 Å². The zero-order valence-electron chi connectivity index (χ0n) is 22.0. The standard InChI is InChI=1S/C28H19ClN8O4S2/c29-18-7-5-17(6-8-18)24-16-42-27(30-24)32-25(38)14-35-13-19(33-34-35)15-43-28-31-23-4-2-1-3-22(23)26(39)36(28)20-9-11-21(12-10-20)37(40)41/h1-13,16H,14-15H2,(H,30,32,38). The lowest BCUT2D eigenvalue weighted by molar-refractivity contribution is -0.384. The number of anilines is 1. The van der Waals surface area contributed by atoms with E-state index in [-0.39, 0.29) is 23.7 Å². The van der Waals surface area contributed by atoms with Crippen molar-refractivity contribution in [3.63, 3.8) is 0 Å². The molecule has 0 aliphatic carbocycles. The second kappa shape index (κ2) is 12.1. The Hall–Kier alpha value is -4.92. The number of nitrogens with zero attached hydrogens (tertiary/aromatic N) is 7. The van der Waals surface area contributed by atoms with Gasteiger partial charge in [0.15, 0.2) is 10.3 Å². The van der Waals surface area contributed by atoms with Crippen LogP contribution in [0.3, 0.4) is 0 Å². The molecule has 6 rings (SSSR count). The Kier molecular flexibility index (Phi) is 7.96. The van der Waals surface area contributed by atoms with Crippen LogP contribution >= 0.6 is 34.7 Å². The van der Waals surface area contributed by atoms with Gasteiger partial charge in [-0.05, 0) is 36.4 Å². The first-order valence-electron chi connectivity index (χ1n) is 12.6. The van der Waals surface area contributed by atoms with Gasteiger partial charge in [-0.15, -0.1) is 16.4 Å². The van der Waals surface area contributed by atoms with Crippen molar-refractivity contribution in [1.82, 2.24) is 29.5 Å². The summed E-state index contributed by atoms with van der Waals surface area (Å²) in [5.41, 5.74) is 2.76. The Morgan fingerprint density at radius 2 is 1.81 bits per heavy atom. The van der Waals surface area contributed by atoms with Crippen LogP contribution in [0.25, 0.3) is 27.8 Å². The van der Waals surface area contributed by atoms with Gasteiger partial charge >= 0.3 is 0 Å². The number of fused-ring (bicyclic) bond motifs is 1. The summed E-state index contributed by atoms with van der Waals surface area (Å²) in [5.74, 6) is -0.0136. The van der Waals surface area contributed by atoms with Crippen molar-refractivity contribution in [3.8, 4) is 16.9 Å². The molecule has 0 saturated heterocycles. The number of nitro groups is 1. The van der Waals surface area contributed by atoms with Crippen LogP contribution in [0, 0.1) is 10.1 Å². The number of nitro benzene ring substituents is 1. The number of thioether (sulfide) groups is 1. The van der Waals surface area contributed by atoms with Gasteiger partial charge < -0.3 is 5.32 Å². The van der Waals surface area contributed by atoms with Crippen LogP contribution in [0.4, 0.5) is 10.8 Å². The summed E-state index contributed by atoms with van der Waals surface area (Å²) >= 11 is 8.52. The number of carbonyl (C=O) groups is 1. The molecule has 3 heterocycles. The quantitative estimate of drug-likeness (QED) is 0.0932. The normalized spacial score (nSPS) is 11.1. The Morgan fingerprint density at radius 3 is 2.58 bits per heavy atom. The van der Waals surface area contributed by atoms with Crippen LogP contribution in [-0.2, 0) is 17.1 Å². The smallest absolute Gasteiger partial charge is 0.269 e. The Morgan fingerprint density at radius 1 is 1.05 bits per heavy atom. The van der Waals surface area contributed by atoms with Crippen LogP contribution in [0.1, 0.15) is 5.69 Å². The highest BCUT2D eigenvalue weighted by Gasteiger charge is 2.16. The third kappa shape index (κ3) is 6.30. The molecular weight excluding hydrogens is 612 g/mol. The second-order valence-electron chi connectivity index (χ2n) is 9.11. The van der Waals surface area contributed by atoms with Crippen LogP contribution in [0.5, 0.6) is 0 Å². The van der Waals surface area contributed by atoms with Crippen molar-refractivity contribution in [1.29, 1.82) is 0 Å². The van der Waals surface area contributed by atoms with Gasteiger partial charge in [-0.1, -0.05) is 52.8 Å². The minimum Gasteiger partial charge on any atom is -0.300 e. The summed E-state index contributed by atoms with van der Waals surface area (Å²) in [7, 11) is 0. The van der Waals surface area contributed by atoms with Gasteiger partial charge in [0.1, 0.15) is 6.54 Å². The van der Waals surface area contributed by atoms with E-state index >= 15 is 0 Å². The molecule has 12 nitrogen and oxygen atoms in total. The number of para-hydroxylation sites is 1. The number of rotatable bonds is 9. The zero-order valence-corrected chi connectivity index (χ0v) is 24.3. The third-order valence-electron chi connectivity index (χ3n) is 6.20. The number of thiazole rings is 1. The number of carbonyl (C=O) groups excluding carboxylic acids is 1. The van der Waals surface area contributed by atoms with E-state index in [0.717, 1.165) is 11.3 Å². The van der Waals surface area contributed by atoms with Crippen molar-refractivity contribution in [2.24, 2.45) is 0 Å². The van der Waals surface area contributed by atoms with Crippen LogP contribution < -0.4 is 10.9 Å². The summed E-state index contributed by atoms with van der Waals surface area (Å²) in [5, 5.41) is 25.8. The van der Waals surface area contributed by atoms with Crippen molar-refractivity contribution in [3.05, 3.63) is 116 Å². The van der Waals surface area contributed by atoms with Gasteiger partial charge in [0, 0.05) is 40.0 Å². The molecule has 1 N–H and O–H groups in total. The Labute approximate surface area is 256 Å². The summed E-state index contributed by atoms with van der Waals surface area (Å²) in [6.45, 7) is -0.0742. The molecule has 3 aromatic heterocycles. The largest absolute Gasteiger partial charge is 0.300 e. The van der Waals surface area contributed by atoms with E-state index in [1.54, 1.807) is 42.6 Å². The summed E-state index contributed by atoms with van der Waals surface area (Å²) in [6.07, 6.45) is 1.64. The molecule has 0 radical (unpaired) electrons. The molecule has 1 amide bonds. The third-order valence-corrected chi connectivity index (χ3v) is 8.18. The highest BCUT2D eigenvalue weighted by molar-refractivity contribution is 7.98. The number of hydrogen-bond donors (Lipinski definition) is 1. The molecule has 0 fully saturated rings. The van der Waals surface area contributed by atoms with Crippen LogP contribution in [0.15, 0.2) is 94.3 Å². The Bertz CT molecular complexity index is 2020. The minimum atomic E-state index is -0.500. The number of non-ortho nitro benzene ring substituents is 1. The molecule has 0 aliphatic rings. The van der Waals surface area contributed by atoms with Gasteiger partial charge in [-0.3, -0.25) is 24.3 Å². The number of nitrogens with one attached hydrogen (secondary N) is 1. The van der Waals surface area contributed by atoms with Crippen molar-refractivity contribution >= 4 is 62.3 Å². The van der Waals surface area contributed by atoms with Gasteiger partial charge in [0.25, 0.3) is 11.2 Å². The van der Waals surface area contributed by atoms with Gasteiger partial charge in [-0.2, -0.15) is 0 Å². The molecule has 214 valence electrons. The van der Waals surface area contributed by atoms with Gasteiger partial charge in [0.2, 0.25) is 5.91 Å². The number of benzene rings is 3. The van der Waals surface area contributed by atoms with Crippen molar-refractivity contribution in [2.75, 3.05) is 5.32 Å². The summed E-state index contributed by atoms with van der Waals surface area (Å²) in [6, 6.07) is 19.9. The number of hydrogen-bond acceptors (Lipinski definition) is 10. The first-order valence-corrected chi connectivity index (χ1v) is 14.9. The highest BCUT2D eigenvalue weighted by atomic mass is 35.5. The molecule has 6 aromatic rings. The van der Waals surface area contributed by atoms with E-state index < -0.39 is 4.92 Å². The maximum atomic E-state index is 13.4. The molecule has 0 unspecified atom stereocenters. The monoisotopic (exact) mass is 630 g/mol. The molecule has 0 spiro atoms. The molecular formula is C28H19ClN8O4S2. The van der Waals surface area contributed by atoms with Crippen LogP contribution in [-0.4, -0.2) is 40.4 Å². The van der Waals surface area contributed by atoms with E-state index in [4.69, 9.17) is 11.6 Å². The Balaban J connectivity index is 1.15. The fourth-order valence-corrected chi connectivity index (χ4v) is 5.92.